The zero-order valence-electron chi connectivity index (χ0n) is 11.6. The maximum atomic E-state index is 3.78. The maximum absolute atomic E-state index is 3.78. The zero-order valence-corrected chi connectivity index (χ0v) is 11.6. The van der Waals surface area contributed by atoms with Crippen molar-refractivity contribution in [2.45, 2.75) is 79.3 Å². The third kappa shape index (κ3) is 6.19. The van der Waals surface area contributed by atoms with Crippen molar-refractivity contribution in [1.29, 1.82) is 0 Å². The molecule has 1 heteroatoms. The van der Waals surface area contributed by atoms with Gasteiger partial charge in [0.05, 0.1) is 0 Å². The molecule has 0 saturated heterocycles. The van der Waals surface area contributed by atoms with Crippen LogP contribution in [0.1, 0.15) is 67.2 Å². The van der Waals surface area contributed by atoms with E-state index in [-0.39, 0.29) is 0 Å². The summed E-state index contributed by atoms with van der Waals surface area (Å²) in [5, 5.41) is 3.78. The van der Waals surface area contributed by atoms with Crippen LogP contribution in [0.5, 0.6) is 0 Å². The molecule has 0 rings (SSSR count). The molecular formula is C14H31N. The van der Waals surface area contributed by atoms with Gasteiger partial charge in [0.2, 0.25) is 0 Å². The summed E-state index contributed by atoms with van der Waals surface area (Å²) in [5.41, 5.74) is 0. The Bertz CT molecular complexity index is 142. The Morgan fingerprint density at radius 3 is 2.00 bits per heavy atom. The largest absolute Gasteiger partial charge is 0.311 e. The second kappa shape index (κ2) is 8.15. The highest BCUT2D eigenvalue weighted by molar-refractivity contribution is 4.76. The predicted octanol–water partition coefficient (Wildman–Crippen LogP) is 4.23. The van der Waals surface area contributed by atoms with E-state index >= 15 is 0 Å². The first-order valence-corrected chi connectivity index (χ1v) is 6.78. The first-order chi connectivity index (χ1) is 7.02. The fourth-order valence-electron chi connectivity index (χ4n) is 1.96. The number of nitrogens with one attached hydrogen (secondary N) is 1. The number of unbranched alkanes of at least 4 members (excludes halogenated alkanes) is 1. The SMILES string of the molecule is CCCCC(CC)N[C@@H](C)C(C)C(C)C. The molecule has 0 aliphatic carbocycles. The summed E-state index contributed by atoms with van der Waals surface area (Å²) in [7, 11) is 0. The summed E-state index contributed by atoms with van der Waals surface area (Å²) in [6.45, 7) is 13.9. The predicted molar refractivity (Wildman–Crippen MR) is 70.2 cm³/mol. The van der Waals surface area contributed by atoms with Crippen LogP contribution < -0.4 is 5.32 Å². The van der Waals surface area contributed by atoms with Gasteiger partial charge in [-0.25, -0.2) is 0 Å². The topological polar surface area (TPSA) is 12.0 Å². The normalized spacial score (nSPS) is 17.8. The molecule has 0 bridgehead atoms. The van der Waals surface area contributed by atoms with Crippen molar-refractivity contribution in [3.05, 3.63) is 0 Å². The summed E-state index contributed by atoms with van der Waals surface area (Å²) in [6, 6.07) is 1.37. The highest BCUT2D eigenvalue weighted by Crippen LogP contribution is 2.16. The summed E-state index contributed by atoms with van der Waals surface area (Å²) in [4.78, 5) is 0. The Morgan fingerprint density at radius 2 is 1.60 bits per heavy atom. The molecule has 1 N–H and O–H groups in total. The zero-order chi connectivity index (χ0) is 11.8. The van der Waals surface area contributed by atoms with Gasteiger partial charge < -0.3 is 5.32 Å². The maximum Gasteiger partial charge on any atom is 0.00693 e. The molecule has 0 radical (unpaired) electrons. The van der Waals surface area contributed by atoms with Crippen molar-refractivity contribution in [3.8, 4) is 0 Å². The van der Waals surface area contributed by atoms with Crippen LogP contribution >= 0.6 is 0 Å². The average molecular weight is 213 g/mol. The fraction of sp³-hybridized carbons (Fsp3) is 1.00. The Balaban J connectivity index is 3.94. The molecule has 0 aliphatic heterocycles. The van der Waals surface area contributed by atoms with Crippen LogP contribution in [-0.4, -0.2) is 12.1 Å². The molecule has 2 unspecified atom stereocenters. The van der Waals surface area contributed by atoms with Gasteiger partial charge in [0.25, 0.3) is 0 Å². The fourth-order valence-corrected chi connectivity index (χ4v) is 1.96. The number of hydrogen-bond donors (Lipinski definition) is 1. The van der Waals surface area contributed by atoms with Crippen LogP contribution in [-0.2, 0) is 0 Å². The van der Waals surface area contributed by atoms with E-state index in [4.69, 9.17) is 0 Å². The first-order valence-electron chi connectivity index (χ1n) is 6.78. The van der Waals surface area contributed by atoms with E-state index in [1.165, 1.54) is 25.7 Å². The van der Waals surface area contributed by atoms with Crippen molar-refractivity contribution in [2.75, 3.05) is 0 Å². The van der Waals surface area contributed by atoms with Crippen molar-refractivity contribution < 1.29 is 0 Å². The molecule has 3 atom stereocenters. The minimum Gasteiger partial charge on any atom is -0.311 e. The minimum absolute atomic E-state index is 0.645. The lowest BCUT2D eigenvalue weighted by atomic mass is 9.90. The highest BCUT2D eigenvalue weighted by atomic mass is 14.9. The van der Waals surface area contributed by atoms with Crippen molar-refractivity contribution in [2.24, 2.45) is 11.8 Å². The Morgan fingerprint density at radius 1 is 1.00 bits per heavy atom. The molecule has 0 saturated carbocycles. The van der Waals surface area contributed by atoms with Crippen molar-refractivity contribution >= 4 is 0 Å². The summed E-state index contributed by atoms with van der Waals surface area (Å²) in [6.07, 6.45) is 5.26. The molecular weight excluding hydrogens is 182 g/mol. The van der Waals surface area contributed by atoms with Gasteiger partial charge in [-0.1, -0.05) is 47.5 Å². The van der Waals surface area contributed by atoms with Crippen LogP contribution in [0.3, 0.4) is 0 Å². The standard InChI is InChI=1S/C14H31N/c1-7-9-10-14(8-2)15-13(6)12(5)11(3)4/h11-15H,7-10H2,1-6H3/t12?,13-,14?/m0/s1. The first kappa shape index (κ1) is 15.0. The Labute approximate surface area is 97.0 Å². The van der Waals surface area contributed by atoms with Gasteiger partial charge in [-0.2, -0.15) is 0 Å². The van der Waals surface area contributed by atoms with Crippen LogP contribution in [0.15, 0.2) is 0 Å². The second-order valence-electron chi connectivity index (χ2n) is 5.31. The molecule has 15 heavy (non-hydrogen) atoms. The second-order valence-corrected chi connectivity index (χ2v) is 5.31. The van der Waals surface area contributed by atoms with Crippen molar-refractivity contribution in [3.63, 3.8) is 0 Å². The molecule has 1 nitrogen and oxygen atoms in total. The monoisotopic (exact) mass is 213 g/mol. The molecule has 0 spiro atoms. The quantitative estimate of drug-likeness (QED) is 0.636. The van der Waals surface area contributed by atoms with E-state index in [9.17, 15) is 0 Å². The molecule has 0 amide bonds. The van der Waals surface area contributed by atoms with E-state index in [0.717, 1.165) is 17.9 Å². The van der Waals surface area contributed by atoms with Crippen LogP contribution in [0, 0.1) is 11.8 Å². The van der Waals surface area contributed by atoms with Gasteiger partial charge >= 0.3 is 0 Å². The molecule has 0 aromatic carbocycles. The Kier molecular flexibility index (Phi) is 8.13. The molecule has 0 fully saturated rings. The number of hydrogen-bond acceptors (Lipinski definition) is 1. The van der Waals surface area contributed by atoms with Gasteiger partial charge in [0.15, 0.2) is 0 Å². The van der Waals surface area contributed by atoms with Gasteiger partial charge in [-0.3, -0.25) is 0 Å². The van der Waals surface area contributed by atoms with E-state index in [1.54, 1.807) is 0 Å². The summed E-state index contributed by atoms with van der Waals surface area (Å²) < 4.78 is 0. The van der Waals surface area contributed by atoms with Crippen LogP contribution in [0.2, 0.25) is 0 Å². The van der Waals surface area contributed by atoms with E-state index in [1.807, 2.05) is 0 Å². The van der Waals surface area contributed by atoms with Gasteiger partial charge in [0.1, 0.15) is 0 Å². The highest BCUT2D eigenvalue weighted by Gasteiger charge is 2.18. The van der Waals surface area contributed by atoms with Gasteiger partial charge in [-0.15, -0.1) is 0 Å². The van der Waals surface area contributed by atoms with Gasteiger partial charge in [0, 0.05) is 12.1 Å². The Hall–Kier alpha value is -0.0400. The molecule has 0 aromatic rings. The average Bonchev–Trinajstić information content (AvgIpc) is 2.22. The van der Waals surface area contributed by atoms with E-state index in [2.05, 4.69) is 46.9 Å². The van der Waals surface area contributed by atoms with Crippen LogP contribution in [0.25, 0.3) is 0 Å². The van der Waals surface area contributed by atoms with Gasteiger partial charge in [-0.05, 0) is 31.6 Å². The number of rotatable bonds is 8. The summed E-state index contributed by atoms with van der Waals surface area (Å²) in [5.74, 6) is 1.54. The lowest BCUT2D eigenvalue weighted by Crippen LogP contribution is -2.41. The summed E-state index contributed by atoms with van der Waals surface area (Å²) >= 11 is 0. The smallest absolute Gasteiger partial charge is 0.00693 e. The molecule has 92 valence electrons. The van der Waals surface area contributed by atoms with E-state index in [0.29, 0.717) is 6.04 Å². The van der Waals surface area contributed by atoms with E-state index < -0.39 is 0 Å². The molecule has 0 aromatic heterocycles. The third-order valence-electron chi connectivity index (χ3n) is 3.74. The minimum atomic E-state index is 0.645. The molecule has 0 heterocycles. The molecule has 0 aliphatic rings. The van der Waals surface area contributed by atoms with Crippen LogP contribution in [0.4, 0.5) is 0 Å². The lowest BCUT2D eigenvalue weighted by Gasteiger charge is -2.29. The van der Waals surface area contributed by atoms with Crippen molar-refractivity contribution in [1.82, 2.24) is 5.32 Å². The third-order valence-corrected chi connectivity index (χ3v) is 3.74. The lowest BCUT2D eigenvalue weighted by molar-refractivity contribution is 0.280.